The van der Waals surface area contributed by atoms with E-state index in [0.717, 1.165) is 26.1 Å². The number of hydrogen-bond acceptors (Lipinski definition) is 4. The van der Waals surface area contributed by atoms with Gasteiger partial charge in [0.05, 0.1) is 18.9 Å². The first-order chi connectivity index (χ1) is 8.16. The number of hydrogen-bond donors (Lipinski definition) is 1. The molecule has 0 aromatic carbocycles. The van der Waals surface area contributed by atoms with Gasteiger partial charge in [-0.3, -0.25) is 4.90 Å². The summed E-state index contributed by atoms with van der Waals surface area (Å²) in [6.45, 7) is 5.03. The molecule has 0 amide bonds. The molecule has 1 aliphatic heterocycles. The standard InChI is InChI=1S/C12H17NO4/c1-9-7-13(4-2-5-16-9)8-11-10(12(14)15)3-6-17-11/h3,6,9H,2,4-5,7-8H2,1H3,(H,14,15). The molecule has 1 atom stereocenters. The zero-order valence-corrected chi connectivity index (χ0v) is 9.89. The lowest BCUT2D eigenvalue weighted by Gasteiger charge is -2.20. The second kappa shape index (κ2) is 5.33. The van der Waals surface area contributed by atoms with E-state index in [-0.39, 0.29) is 11.7 Å². The number of nitrogens with zero attached hydrogens (tertiary/aromatic N) is 1. The van der Waals surface area contributed by atoms with Crippen molar-refractivity contribution in [1.29, 1.82) is 0 Å². The molecule has 0 saturated carbocycles. The summed E-state index contributed by atoms with van der Waals surface area (Å²) in [5, 5.41) is 8.99. The van der Waals surface area contributed by atoms with Crippen LogP contribution in [-0.2, 0) is 11.3 Å². The van der Waals surface area contributed by atoms with Crippen LogP contribution in [0, 0.1) is 0 Å². The van der Waals surface area contributed by atoms with Crippen molar-refractivity contribution in [1.82, 2.24) is 4.90 Å². The highest BCUT2D eigenvalue weighted by Gasteiger charge is 2.20. The third-order valence-corrected chi connectivity index (χ3v) is 2.88. The summed E-state index contributed by atoms with van der Waals surface area (Å²) in [4.78, 5) is 13.1. The average Bonchev–Trinajstić information content (AvgIpc) is 2.62. The van der Waals surface area contributed by atoms with Crippen LogP contribution in [0.3, 0.4) is 0 Å². The van der Waals surface area contributed by atoms with Crippen molar-refractivity contribution >= 4 is 5.97 Å². The second-order valence-corrected chi connectivity index (χ2v) is 4.33. The van der Waals surface area contributed by atoms with Crippen LogP contribution in [0.5, 0.6) is 0 Å². The lowest BCUT2D eigenvalue weighted by atomic mass is 10.2. The second-order valence-electron chi connectivity index (χ2n) is 4.33. The van der Waals surface area contributed by atoms with Gasteiger partial charge in [-0.1, -0.05) is 0 Å². The summed E-state index contributed by atoms with van der Waals surface area (Å²) >= 11 is 0. The molecule has 1 unspecified atom stereocenters. The van der Waals surface area contributed by atoms with Crippen molar-refractivity contribution in [3.8, 4) is 0 Å². The van der Waals surface area contributed by atoms with Crippen molar-refractivity contribution in [3.63, 3.8) is 0 Å². The Balaban J connectivity index is 2.03. The summed E-state index contributed by atoms with van der Waals surface area (Å²) in [6.07, 6.45) is 2.57. The molecular formula is C12H17NO4. The normalized spacial score (nSPS) is 22.3. The molecule has 1 aromatic heterocycles. The molecule has 17 heavy (non-hydrogen) atoms. The molecule has 0 bridgehead atoms. The third kappa shape index (κ3) is 3.08. The molecule has 1 aliphatic rings. The maximum Gasteiger partial charge on any atom is 0.339 e. The smallest absolute Gasteiger partial charge is 0.339 e. The summed E-state index contributed by atoms with van der Waals surface area (Å²) < 4.78 is 10.8. The molecule has 1 N–H and O–H groups in total. The zero-order valence-electron chi connectivity index (χ0n) is 9.89. The number of furan rings is 1. The van der Waals surface area contributed by atoms with Crippen molar-refractivity contribution in [3.05, 3.63) is 23.7 Å². The predicted octanol–water partition coefficient (Wildman–Crippen LogP) is 1.59. The van der Waals surface area contributed by atoms with E-state index in [0.29, 0.717) is 12.3 Å². The highest BCUT2D eigenvalue weighted by atomic mass is 16.5. The Morgan fingerprint density at radius 1 is 1.65 bits per heavy atom. The number of ether oxygens (including phenoxy) is 1. The van der Waals surface area contributed by atoms with E-state index < -0.39 is 5.97 Å². The Labute approximate surface area is 100.0 Å². The van der Waals surface area contributed by atoms with Gasteiger partial charge in [-0.25, -0.2) is 4.79 Å². The Hall–Kier alpha value is -1.33. The number of carboxylic acids is 1. The molecule has 1 aromatic rings. The van der Waals surface area contributed by atoms with E-state index in [9.17, 15) is 4.79 Å². The van der Waals surface area contributed by atoms with Crippen LogP contribution in [0.1, 0.15) is 29.5 Å². The van der Waals surface area contributed by atoms with E-state index in [2.05, 4.69) is 4.90 Å². The molecule has 1 fully saturated rings. The largest absolute Gasteiger partial charge is 0.478 e. The van der Waals surface area contributed by atoms with Crippen LogP contribution in [0.25, 0.3) is 0 Å². The van der Waals surface area contributed by atoms with Gasteiger partial charge in [0.1, 0.15) is 11.3 Å². The summed E-state index contributed by atoms with van der Waals surface area (Å²) in [7, 11) is 0. The van der Waals surface area contributed by atoms with Crippen LogP contribution in [0.4, 0.5) is 0 Å². The fourth-order valence-corrected chi connectivity index (χ4v) is 2.08. The summed E-state index contributed by atoms with van der Waals surface area (Å²) in [5.74, 6) is -0.417. The maximum absolute atomic E-state index is 11.0. The highest BCUT2D eigenvalue weighted by molar-refractivity contribution is 5.88. The first-order valence-corrected chi connectivity index (χ1v) is 5.80. The first kappa shape index (κ1) is 12.1. The van der Waals surface area contributed by atoms with Gasteiger partial charge in [0.2, 0.25) is 0 Å². The Kier molecular flexibility index (Phi) is 3.81. The molecule has 2 rings (SSSR count). The van der Waals surface area contributed by atoms with Crippen molar-refractivity contribution < 1.29 is 19.1 Å². The Morgan fingerprint density at radius 3 is 3.24 bits per heavy atom. The fourth-order valence-electron chi connectivity index (χ4n) is 2.08. The monoisotopic (exact) mass is 239 g/mol. The van der Waals surface area contributed by atoms with Gasteiger partial charge >= 0.3 is 5.97 Å². The molecule has 94 valence electrons. The lowest BCUT2D eigenvalue weighted by molar-refractivity contribution is 0.0651. The number of carbonyl (C=O) groups is 1. The Bertz CT molecular complexity index is 388. The van der Waals surface area contributed by atoms with Gasteiger partial charge in [0.15, 0.2) is 0 Å². The minimum atomic E-state index is -0.937. The van der Waals surface area contributed by atoms with Gasteiger partial charge in [0.25, 0.3) is 0 Å². The van der Waals surface area contributed by atoms with E-state index in [4.69, 9.17) is 14.3 Å². The molecule has 2 heterocycles. The first-order valence-electron chi connectivity index (χ1n) is 5.80. The third-order valence-electron chi connectivity index (χ3n) is 2.88. The van der Waals surface area contributed by atoms with E-state index in [1.54, 1.807) is 0 Å². The SMILES string of the molecule is CC1CN(Cc2occc2C(=O)O)CCCO1. The molecule has 0 spiro atoms. The van der Waals surface area contributed by atoms with Crippen LogP contribution >= 0.6 is 0 Å². The van der Waals surface area contributed by atoms with Crippen LogP contribution in [0.15, 0.2) is 16.7 Å². The average molecular weight is 239 g/mol. The van der Waals surface area contributed by atoms with Crippen molar-refractivity contribution in [2.45, 2.75) is 26.0 Å². The lowest BCUT2D eigenvalue weighted by Crippen LogP contribution is -2.30. The van der Waals surface area contributed by atoms with Gasteiger partial charge in [-0.15, -0.1) is 0 Å². The molecule has 0 aliphatic carbocycles. The van der Waals surface area contributed by atoms with Crippen LogP contribution in [-0.4, -0.2) is 41.8 Å². The van der Waals surface area contributed by atoms with E-state index in [1.165, 1.54) is 12.3 Å². The molecule has 5 nitrogen and oxygen atoms in total. The quantitative estimate of drug-likeness (QED) is 0.867. The minimum absolute atomic E-state index is 0.181. The molecule has 0 radical (unpaired) electrons. The van der Waals surface area contributed by atoms with Crippen LogP contribution in [0.2, 0.25) is 0 Å². The van der Waals surface area contributed by atoms with E-state index >= 15 is 0 Å². The molecular weight excluding hydrogens is 222 g/mol. The van der Waals surface area contributed by atoms with Crippen molar-refractivity contribution in [2.75, 3.05) is 19.7 Å². The number of rotatable bonds is 3. The predicted molar refractivity (Wildman–Crippen MR) is 61.0 cm³/mol. The van der Waals surface area contributed by atoms with Crippen LogP contribution < -0.4 is 0 Å². The fraction of sp³-hybridized carbons (Fsp3) is 0.583. The van der Waals surface area contributed by atoms with Gasteiger partial charge in [-0.2, -0.15) is 0 Å². The Morgan fingerprint density at radius 2 is 2.47 bits per heavy atom. The minimum Gasteiger partial charge on any atom is -0.478 e. The summed E-state index contributed by atoms with van der Waals surface area (Å²) in [6, 6.07) is 1.50. The number of carboxylic acid groups (broad SMARTS) is 1. The van der Waals surface area contributed by atoms with Gasteiger partial charge in [0, 0.05) is 19.7 Å². The molecule has 5 heteroatoms. The van der Waals surface area contributed by atoms with Gasteiger partial charge in [-0.05, 0) is 19.4 Å². The van der Waals surface area contributed by atoms with Crippen molar-refractivity contribution in [2.24, 2.45) is 0 Å². The maximum atomic E-state index is 11.0. The molecule has 1 saturated heterocycles. The number of aromatic carboxylic acids is 1. The summed E-state index contributed by atoms with van der Waals surface area (Å²) in [5.41, 5.74) is 0.253. The zero-order chi connectivity index (χ0) is 12.3. The topological polar surface area (TPSA) is 62.9 Å². The highest BCUT2D eigenvalue weighted by Crippen LogP contribution is 2.15. The van der Waals surface area contributed by atoms with Gasteiger partial charge < -0.3 is 14.3 Å². The van der Waals surface area contributed by atoms with E-state index in [1.807, 2.05) is 6.92 Å².